The Labute approximate surface area is 120 Å². The van der Waals surface area contributed by atoms with Crippen LogP contribution in [0.2, 0.25) is 0 Å². The number of piperidine rings is 1. The number of hydrogen-bond donors (Lipinski definition) is 0. The molecule has 5 heteroatoms. The summed E-state index contributed by atoms with van der Waals surface area (Å²) >= 11 is 0. The number of ether oxygens (including phenoxy) is 2. The molecule has 0 spiro atoms. The van der Waals surface area contributed by atoms with Crippen LogP contribution in [0.25, 0.3) is 0 Å². The summed E-state index contributed by atoms with van der Waals surface area (Å²) in [6.45, 7) is 5.66. The van der Waals surface area contributed by atoms with Crippen LogP contribution in [-0.2, 0) is 14.3 Å². The largest absolute Gasteiger partial charge is 0.469 e. The highest BCUT2D eigenvalue weighted by molar-refractivity contribution is 5.71. The predicted octanol–water partition coefficient (Wildman–Crippen LogP) is 2.73. The fourth-order valence-corrected chi connectivity index (χ4v) is 3.39. The van der Waals surface area contributed by atoms with Crippen LogP contribution in [0.3, 0.4) is 0 Å². The number of methoxy groups -OCH3 is 1. The van der Waals surface area contributed by atoms with Crippen LogP contribution < -0.4 is 0 Å². The van der Waals surface area contributed by atoms with Gasteiger partial charge in [-0.3, -0.25) is 4.79 Å². The molecule has 0 aromatic carbocycles. The van der Waals surface area contributed by atoms with Crippen LogP contribution in [0.1, 0.15) is 52.9 Å². The Morgan fingerprint density at radius 2 is 1.70 bits per heavy atom. The van der Waals surface area contributed by atoms with E-state index >= 15 is 0 Å². The molecule has 2 saturated heterocycles. The van der Waals surface area contributed by atoms with E-state index in [0.717, 1.165) is 25.7 Å². The SMILES string of the molecule is COC(=O)CC1CC2CCC(C1)N2C(=O)OC(C)(C)C. The molecule has 2 aliphatic rings. The topological polar surface area (TPSA) is 55.8 Å². The highest BCUT2D eigenvalue weighted by Gasteiger charge is 2.45. The summed E-state index contributed by atoms with van der Waals surface area (Å²) in [6, 6.07) is 0.441. The van der Waals surface area contributed by atoms with Gasteiger partial charge >= 0.3 is 12.1 Å². The molecule has 2 aliphatic heterocycles. The number of amides is 1. The minimum atomic E-state index is -0.459. The zero-order valence-electron chi connectivity index (χ0n) is 12.8. The Balaban J connectivity index is 1.96. The summed E-state index contributed by atoms with van der Waals surface area (Å²) in [6.07, 6.45) is 4.05. The van der Waals surface area contributed by atoms with Crippen molar-refractivity contribution in [1.82, 2.24) is 4.90 Å². The number of carbonyl (C=O) groups is 2. The maximum atomic E-state index is 12.3. The number of carbonyl (C=O) groups excluding carboxylic acids is 2. The standard InChI is InChI=1S/C15H25NO4/c1-15(2,3)20-14(18)16-11-5-6-12(16)8-10(7-11)9-13(17)19-4/h10-12H,5-9H2,1-4H3. The molecule has 0 aliphatic carbocycles. The van der Waals surface area contributed by atoms with Gasteiger partial charge in [0.15, 0.2) is 0 Å². The highest BCUT2D eigenvalue weighted by Crippen LogP contribution is 2.40. The minimum absolute atomic E-state index is 0.153. The first-order valence-electron chi connectivity index (χ1n) is 7.38. The molecule has 2 unspecified atom stereocenters. The van der Waals surface area contributed by atoms with E-state index in [9.17, 15) is 9.59 Å². The summed E-state index contributed by atoms with van der Waals surface area (Å²) in [5, 5.41) is 0. The van der Waals surface area contributed by atoms with Gasteiger partial charge in [0.25, 0.3) is 0 Å². The number of rotatable bonds is 2. The lowest BCUT2D eigenvalue weighted by Crippen LogP contribution is -2.48. The van der Waals surface area contributed by atoms with Crippen LogP contribution in [-0.4, -0.2) is 41.8 Å². The third kappa shape index (κ3) is 3.44. The summed E-state index contributed by atoms with van der Waals surface area (Å²) < 4.78 is 10.2. The van der Waals surface area contributed by atoms with Crippen molar-refractivity contribution in [3.05, 3.63) is 0 Å². The van der Waals surface area contributed by atoms with Gasteiger partial charge in [-0.05, 0) is 52.4 Å². The quantitative estimate of drug-likeness (QED) is 0.731. The second kappa shape index (κ2) is 5.62. The molecule has 114 valence electrons. The molecule has 0 aromatic rings. The summed E-state index contributed by atoms with van der Waals surface area (Å²) in [4.78, 5) is 25.6. The van der Waals surface area contributed by atoms with Crippen LogP contribution in [0.4, 0.5) is 4.79 Å². The lowest BCUT2D eigenvalue weighted by atomic mass is 9.88. The van der Waals surface area contributed by atoms with Gasteiger partial charge in [-0.15, -0.1) is 0 Å². The smallest absolute Gasteiger partial charge is 0.410 e. The van der Waals surface area contributed by atoms with E-state index < -0.39 is 5.60 Å². The molecule has 2 atom stereocenters. The molecular weight excluding hydrogens is 258 g/mol. The van der Waals surface area contributed by atoms with E-state index in [0.29, 0.717) is 12.3 Å². The zero-order chi connectivity index (χ0) is 14.9. The summed E-state index contributed by atoms with van der Waals surface area (Å²) in [5.74, 6) is 0.179. The Morgan fingerprint density at radius 3 is 2.15 bits per heavy atom. The summed E-state index contributed by atoms with van der Waals surface area (Å²) in [7, 11) is 1.42. The predicted molar refractivity (Wildman–Crippen MR) is 74.2 cm³/mol. The van der Waals surface area contributed by atoms with Gasteiger partial charge in [-0.25, -0.2) is 4.79 Å². The summed E-state index contributed by atoms with van der Waals surface area (Å²) in [5.41, 5.74) is -0.459. The average molecular weight is 283 g/mol. The first kappa shape index (κ1) is 15.1. The van der Waals surface area contributed by atoms with Crippen LogP contribution >= 0.6 is 0 Å². The van der Waals surface area contributed by atoms with E-state index in [1.165, 1.54) is 7.11 Å². The van der Waals surface area contributed by atoms with Crippen molar-refractivity contribution in [1.29, 1.82) is 0 Å². The second-order valence-electron chi connectivity index (χ2n) is 6.89. The van der Waals surface area contributed by atoms with Gasteiger partial charge in [0, 0.05) is 18.5 Å². The number of esters is 1. The van der Waals surface area contributed by atoms with E-state index in [-0.39, 0.29) is 24.1 Å². The Bertz CT molecular complexity index is 374. The lowest BCUT2D eigenvalue weighted by Gasteiger charge is -2.39. The third-order valence-corrected chi connectivity index (χ3v) is 4.12. The molecule has 2 fully saturated rings. The Hall–Kier alpha value is -1.26. The van der Waals surface area contributed by atoms with E-state index in [4.69, 9.17) is 9.47 Å². The molecule has 0 saturated carbocycles. The van der Waals surface area contributed by atoms with Crippen molar-refractivity contribution in [2.45, 2.75) is 70.6 Å². The number of nitrogens with zero attached hydrogens (tertiary/aromatic N) is 1. The molecule has 2 rings (SSSR count). The van der Waals surface area contributed by atoms with E-state index in [1.54, 1.807) is 0 Å². The first-order valence-corrected chi connectivity index (χ1v) is 7.38. The molecule has 0 N–H and O–H groups in total. The molecule has 5 nitrogen and oxygen atoms in total. The fourth-order valence-electron chi connectivity index (χ4n) is 3.39. The molecular formula is C15H25NO4. The van der Waals surface area contributed by atoms with Gasteiger partial charge in [-0.1, -0.05) is 0 Å². The third-order valence-electron chi connectivity index (χ3n) is 4.12. The van der Waals surface area contributed by atoms with Crippen molar-refractivity contribution < 1.29 is 19.1 Å². The second-order valence-corrected chi connectivity index (χ2v) is 6.89. The maximum absolute atomic E-state index is 12.3. The normalized spacial score (nSPS) is 29.2. The molecule has 20 heavy (non-hydrogen) atoms. The van der Waals surface area contributed by atoms with Gasteiger partial charge in [-0.2, -0.15) is 0 Å². The molecule has 0 aromatic heterocycles. The van der Waals surface area contributed by atoms with Gasteiger partial charge in [0.05, 0.1) is 7.11 Å². The van der Waals surface area contributed by atoms with Crippen LogP contribution in [0.15, 0.2) is 0 Å². The zero-order valence-corrected chi connectivity index (χ0v) is 12.8. The average Bonchev–Trinajstić information content (AvgIpc) is 2.59. The van der Waals surface area contributed by atoms with Gasteiger partial charge < -0.3 is 14.4 Å². The monoisotopic (exact) mass is 283 g/mol. The van der Waals surface area contributed by atoms with Gasteiger partial charge in [0.2, 0.25) is 0 Å². The van der Waals surface area contributed by atoms with Gasteiger partial charge in [0.1, 0.15) is 5.60 Å². The minimum Gasteiger partial charge on any atom is -0.469 e. The molecule has 2 heterocycles. The van der Waals surface area contributed by atoms with Crippen molar-refractivity contribution in [3.8, 4) is 0 Å². The fraction of sp³-hybridized carbons (Fsp3) is 0.867. The van der Waals surface area contributed by atoms with Crippen molar-refractivity contribution in [3.63, 3.8) is 0 Å². The lowest BCUT2D eigenvalue weighted by molar-refractivity contribution is -0.142. The Morgan fingerprint density at radius 1 is 1.15 bits per heavy atom. The highest BCUT2D eigenvalue weighted by atomic mass is 16.6. The molecule has 1 amide bonds. The maximum Gasteiger partial charge on any atom is 0.410 e. The first-order chi connectivity index (χ1) is 9.30. The van der Waals surface area contributed by atoms with Crippen LogP contribution in [0, 0.1) is 5.92 Å². The van der Waals surface area contributed by atoms with E-state index in [1.807, 2.05) is 25.7 Å². The number of hydrogen-bond acceptors (Lipinski definition) is 4. The molecule has 2 bridgehead atoms. The number of fused-ring (bicyclic) bond motifs is 2. The molecule has 0 radical (unpaired) electrons. The van der Waals surface area contributed by atoms with Crippen LogP contribution in [0.5, 0.6) is 0 Å². The van der Waals surface area contributed by atoms with E-state index in [2.05, 4.69) is 0 Å². The van der Waals surface area contributed by atoms with Crippen molar-refractivity contribution in [2.75, 3.05) is 7.11 Å². The van der Waals surface area contributed by atoms with Crippen molar-refractivity contribution in [2.24, 2.45) is 5.92 Å². The van der Waals surface area contributed by atoms with Crippen molar-refractivity contribution >= 4 is 12.1 Å². The Kier molecular flexibility index (Phi) is 4.25.